The highest BCUT2D eigenvalue weighted by Gasteiger charge is 2.42. The molecule has 0 saturated heterocycles. The Morgan fingerprint density at radius 1 is 1.75 bits per heavy atom. The smallest absolute Gasteiger partial charge is 0.0707 e. The Labute approximate surface area is 62.8 Å². The molecule has 0 aliphatic heterocycles. The van der Waals surface area contributed by atoms with E-state index in [-0.39, 0.29) is 5.41 Å². The van der Waals surface area contributed by atoms with E-state index in [2.05, 4.69) is 32.5 Å². The maximum absolute atomic E-state index is 8.49. The molecule has 0 radical (unpaired) electrons. The average molecular weight is 222 g/mol. The molecule has 0 heterocycles. The third-order valence-corrected chi connectivity index (χ3v) is 1.88. The van der Waals surface area contributed by atoms with Gasteiger partial charge in [0.25, 0.3) is 0 Å². The molecule has 0 atom stereocenters. The fourth-order valence-electron chi connectivity index (χ4n) is 0.607. The lowest BCUT2D eigenvalue weighted by Gasteiger charge is -1.98. The van der Waals surface area contributed by atoms with Crippen molar-refractivity contribution in [2.75, 3.05) is 6.54 Å². The van der Waals surface area contributed by atoms with Crippen molar-refractivity contribution < 1.29 is 0 Å². The van der Waals surface area contributed by atoms with Crippen molar-refractivity contribution in [2.45, 2.75) is 12.8 Å². The van der Waals surface area contributed by atoms with Crippen LogP contribution in [0.4, 0.5) is 0 Å². The Bertz CT molecular complexity index is 123. The van der Waals surface area contributed by atoms with Crippen molar-refractivity contribution in [3.63, 3.8) is 0 Å². The number of hydrogen-bond donors (Lipinski definition) is 1. The van der Waals surface area contributed by atoms with Crippen LogP contribution in [0.15, 0.2) is 0 Å². The van der Waals surface area contributed by atoms with Crippen LogP contribution in [0.2, 0.25) is 0 Å². The highest BCUT2D eigenvalue weighted by molar-refractivity contribution is 14.1. The number of nitriles is 1. The first-order valence-corrected chi connectivity index (χ1v) is 3.66. The average Bonchev–Trinajstić information content (AvgIpc) is 2.50. The highest BCUT2D eigenvalue weighted by Crippen LogP contribution is 2.44. The van der Waals surface area contributed by atoms with Gasteiger partial charge in [-0.2, -0.15) is 5.26 Å². The van der Waals surface area contributed by atoms with Gasteiger partial charge in [-0.05, 0) is 12.8 Å². The van der Waals surface area contributed by atoms with E-state index in [1.807, 2.05) is 0 Å². The Morgan fingerprint density at radius 3 is 2.50 bits per heavy atom. The van der Waals surface area contributed by atoms with Crippen LogP contribution in [0, 0.1) is 16.7 Å². The van der Waals surface area contributed by atoms with Crippen LogP contribution < -0.4 is 3.53 Å². The first-order valence-electron chi connectivity index (χ1n) is 2.58. The van der Waals surface area contributed by atoms with E-state index in [1.54, 1.807) is 0 Å². The Balaban J connectivity index is 2.33. The van der Waals surface area contributed by atoms with Gasteiger partial charge in [-0.3, -0.25) is 3.53 Å². The van der Waals surface area contributed by atoms with Crippen LogP contribution in [-0.2, 0) is 0 Å². The van der Waals surface area contributed by atoms with Crippen LogP contribution in [0.3, 0.4) is 0 Å². The zero-order valence-corrected chi connectivity index (χ0v) is 6.60. The molecule has 0 bridgehead atoms. The van der Waals surface area contributed by atoms with Gasteiger partial charge in [-0.15, -0.1) is 0 Å². The molecule has 0 aromatic heterocycles. The van der Waals surface area contributed by atoms with Crippen LogP contribution in [0.25, 0.3) is 0 Å². The topological polar surface area (TPSA) is 35.8 Å². The fourth-order valence-corrected chi connectivity index (χ4v) is 1.34. The van der Waals surface area contributed by atoms with Crippen molar-refractivity contribution in [1.29, 1.82) is 5.26 Å². The summed E-state index contributed by atoms with van der Waals surface area (Å²) >= 11 is 2.07. The predicted molar refractivity (Wildman–Crippen MR) is 39.3 cm³/mol. The van der Waals surface area contributed by atoms with Crippen molar-refractivity contribution in [3.05, 3.63) is 0 Å². The summed E-state index contributed by atoms with van der Waals surface area (Å²) < 4.78 is 2.97. The minimum absolute atomic E-state index is 0.0290. The summed E-state index contributed by atoms with van der Waals surface area (Å²) in [5, 5.41) is 8.49. The second-order valence-electron chi connectivity index (χ2n) is 2.20. The third kappa shape index (κ3) is 1.12. The number of hydrogen-bond acceptors (Lipinski definition) is 2. The van der Waals surface area contributed by atoms with Gasteiger partial charge < -0.3 is 0 Å². The molecule has 2 nitrogen and oxygen atoms in total. The molecule has 3 heteroatoms. The van der Waals surface area contributed by atoms with Crippen molar-refractivity contribution in [3.8, 4) is 6.07 Å². The first-order chi connectivity index (χ1) is 3.83. The molecule has 8 heavy (non-hydrogen) atoms. The van der Waals surface area contributed by atoms with Gasteiger partial charge in [0, 0.05) is 29.4 Å². The standard InChI is InChI=1S/C5H7IN2/c6-8-4-5(3-7)1-2-5/h8H,1-2,4H2. The van der Waals surface area contributed by atoms with E-state index in [9.17, 15) is 0 Å². The molecule has 1 rings (SSSR count). The lowest BCUT2D eigenvalue weighted by Crippen LogP contribution is -2.12. The van der Waals surface area contributed by atoms with Crippen LogP contribution >= 0.6 is 22.9 Å². The highest BCUT2D eigenvalue weighted by atomic mass is 127. The normalized spacial score (nSPS) is 22.0. The van der Waals surface area contributed by atoms with Crippen molar-refractivity contribution in [2.24, 2.45) is 5.41 Å². The summed E-state index contributed by atoms with van der Waals surface area (Å²) in [5.41, 5.74) is 0.0290. The van der Waals surface area contributed by atoms with E-state index in [1.165, 1.54) is 0 Å². The van der Waals surface area contributed by atoms with Crippen LogP contribution in [0.5, 0.6) is 0 Å². The molecule has 1 aliphatic rings. The molecular formula is C5H7IN2. The number of rotatable bonds is 2. The third-order valence-electron chi connectivity index (χ3n) is 1.50. The monoisotopic (exact) mass is 222 g/mol. The maximum atomic E-state index is 8.49. The quantitative estimate of drug-likeness (QED) is 0.563. The van der Waals surface area contributed by atoms with Crippen molar-refractivity contribution >= 4 is 22.9 Å². The summed E-state index contributed by atoms with van der Waals surface area (Å²) in [6, 6.07) is 2.29. The van der Waals surface area contributed by atoms with Gasteiger partial charge >= 0.3 is 0 Å². The molecule has 1 saturated carbocycles. The fraction of sp³-hybridized carbons (Fsp3) is 0.800. The summed E-state index contributed by atoms with van der Waals surface area (Å²) in [6.45, 7) is 0.851. The summed E-state index contributed by atoms with van der Waals surface area (Å²) in [7, 11) is 0. The lowest BCUT2D eigenvalue weighted by atomic mass is 10.1. The maximum Gasteiger partial charge on any atom is 0.0707 e. The molecule has 0 aromatic carbocycles. The van der Waals surface area contributed by atoms with E-state index in [0.717, 1.165) is 19.4 Å². The number of halogens is 1. The Morgan fingerprint density at radius 2 is 2.38 bits per heavy atom. The van der Waals surface area contributed by atoms with Gasteiger partial charge in [0.15, 0.2) is 0 Å². The minimum atomic E-state index is 0.0290. The van der Waals surface area contributed by atoms with Gasteiger partial charge in [0.1, 0.15) is 0 Å². The predicted octanol–water partition coefficient (Wildman–Crippen LogP) is 1.23. The van der Waals surface area contributed by atoms with Gasteiger partial charge in [-0.25, -0.2) is 0 Å². The van der Waals surface area contributed by atoms with E-state index in [0.29, 0.717) is 0 Å². The zero-order valence-electron chi connectivity index (χ0n) is 4.45. The summed E-state index contributed by atoms with van der Waals surface area (Å²) in [6.07, 6.45) is 2.17. The second kappa shape index (κ2) is 2.19. The first kappa shape index (κ1) is 6.30. The van der Waals surface area contributed by atoms with Gasteiger partial charge in [0.2, 0.25) is 0 Å². The van der Waals surface area contributed by atoms with Crippen LogP contribution in [0.1, 0.15) is 12.8 Å². The number of nitrogens with one attached hydrogen (secondary N) is 1. The lowest BCUT2D eigenvalue weighted by molar-refractivity contribution is 0.666. The Kier molecular flexibility index (Phi) is 1.73. The summed E-state index contributed by atoms with van der Waals surface area (Å²) in [5.74, 6) is 0. The largest absolute Gasteiger partial charge is 0.259 e. The molecule has 0 amide bonds. The molecule has 44 valence electrons. The Hall–Kier alpha value is 0.180. The van der Waals surface area contributed by atoms with Crippen LogP contribution in [-0.4, -0.2) is 6.54 Å². The second-order valence-corrected chi connectivity index (χ2v) is 2.97. The van der Waals surface area contributed by atoms with E-state index in [4.69, 9.17) is 5.26 Å². The minimum Gasteiger partial charge on any atom is -0.259 e. The molecule has 1 aliphatic carbocycles. The molecule has 0 aromatic rings. The molecule has 0 unspecified atom stereocenters. The molecule has 1 fully saturated rings. The SMILES string of the molecule is N#CC1(CNI)CC1. The molecule has 0 spiro atoms. The summed E-state index contributed by atoms with van der Waals surface area (Å²) in [4.78, 5) is 0. The van der Waals surface area contributed by atoms with E-state index < -0.39 is 0 Å². The van der Waals surface area contributed by atoms with E-state index >= 15 is 0 Å². The molecular weight excluding hydrogens is 215 g/mol. The number of nitrogens with zero attached hydrogens (tertiary/aromatic N) is 1. The molecule has 1 N–H and O–H groups in total. The zero-order chi connectivity index (χ0) is 6.04. The van der Waals surface area contributed by atoms with Crippen molar-refractivity contribution in [1.82, 2.24) is 3.53 Å². The van der Waals surface area contributed by atoms with Gasteiger partial charge in [-0.1, -0.05) is 0 Å². The van der Waals surface area contributed by atoms with Gasteiger partial charge in [0.05, 0.1) is 11.5 Å².